The molecule has 0 aliphatic carbocycles. The van der Waals surface area contributed by atoms with Crippen molar-refractivity contribution in [3.63, 3.8) is 0 Å². The second kappa shape index (κ2) is 14.4. The van der Waals surface area contributed by atoms with Crippen molar-refractivity contribution in [3.05, 3.63) is 106 Å². The van der Waals surface area contributed by atoms with E-state index in [1.165, 1.54) is 22.3 Å². The van der Waals surface area contributed by atoms with E-state index in [4.69, 9.17) is 18.1 Å². The molecular weight excluding hydrogens is 630 g/mol. The Labute approximate surface area is 294 Å². The van der Waals surface area contributed by atoms with E-state index in [9.17, 15) is 0 Å². The maximum absolute atomic E-state index is 6.76. The van der Waals surface area contributed by atoms with Crippen molar-refractivity contribution in [3.8, 4) is 34.1 Å². The second-order valence-electron chi connectivity index (χ2n) is 17.0. The Morgan fingerprint density at radius 1 is 0.396 bits per heavy atom. The molecule has 4 aromatic rings. The molecule has 2 unspecified atom stereocenters. The molecule has 0 aliphatic rings. The quantitative estimate of drug-likeness (QED) is 0.164. The topological polar surface area (TPSA) is 36.9 Å². The number of hydrogen-bond donors (Lipinski definition) is 0. The van der Waals surface area contributed by atoms with Crippen LogP contribution in [0.5, 0.6) is 23.0 Å². The van der Waals surface area contributed by atoms with E-state index in [0.717, 1.165) is 45.3 Å². The summed E-state index contributed by atoms with van der Waals surface area (Å²) in [4.78, 5) is 0. The Bertz CT molecular complexity index is 1570. The third kappa shape index (κ3) is 9.55. The molecule has 48 heavy (non-hydrogen) atoms. The molecule has 258 valence electrons. The van der Waals surface area contributed by atoms with Gasteiger partial charge in [-0.25, -0.2) is 0 Å². The first-order valence-electron chi connectivity index (χ1n) is 16.8. The van der Waals surface area contributed by atoms with Crippen LogP contribution in [0, 0.1) is 13.8 Å². The molecule has 0 radical (unpaired) electrons. The van der Waals surface area contributed by atoms with E-state index < -0.39 is 0 Å². The molecule has 4 rings (SSSR count). The standard InChI is InChI=1S/C42H56O4P2/c1-27-15-19-31(20-16-27)43-47-45-37-33(23-29(39(3,4)5)25-35(37)41(9,10)11)34-24-30(40(6,7)8)26-36(42(12,13)14)38(34)46-48-44-32-21-17-28(2)18-22-32/h15-26,47-48H,1-14H3. The molecule has 0 amide bonds. The average molecular weight is 687 g/mol. The van der Waals surface area contributed by atoms with Crippen LogP contribution in [0.15, 0.2) is 72.8 Å². The molecule has 0 fully saturated rings. The van der Waals surface area contributed by atoms with Gasteiger partial charge in [0.1, 0.15) is 23.0 Å². The van der Waals surface area contributed by atoms with Gasteiger partial charge in [0.2, 0.25) is 0 Å². The van der Waals surface area contributed by atoms with Gasteiger partial charge in [0, 0.05) is 22.3 Å². The van der Waals surface area contributed by atoms with Gasteiger partial charge in [0.25, 0.3) is 18.1 Å². The fraction of sp³-hybridized carbons (Fsp3) is 0.429. The summed E-state index contributed by atoms with van der Waals surface area (Å²) < 4.78 is 25.9. The van der Waals surface area contributed by atoms with Gasteiger partial charge in [-0.15, -0.1) is 0 Å². The van der Waals surface area contributed by atoms with Crippen molar-refractivity contribution in [2.45, 2.75) is 119 Å². The zero-order valence-electron chi connectivity index (χ0n) is 31.6. The van der Waals surface area contributed by atoms with Crippen LogP contribution in [-0.4, -0.2) is 0 Å². The van der Waals surface area contributed by atoms with Crippen molar-refractivity contribution >= 4 is 18.1 Å². The maximum atomic E-state index is 6.76. The van der Waals surface area contributed by atoms with Gasteiger partial charge in [-0.2, -0.15) is 0 Å². The zero-order chi connectivity index (χ0) is 35.7. The molecule has 0 saturated heterocycles. The highest BCUT2D eigenvalue weighted by atomic mass is 31.1. The minimum atomic E-state index is -0.229. The van der Waals surface area contributed by atoms with Crippen molar-refractivity contribution < 1.29 is 18.1 Å². The average Bonchev–Trinajstić information content (AvgIpc) is 2.97. The molecule has 0 spiro atoms. The lowest BCUT2D eigenvalue weighted by Gasteiger charge is -2.32. The second-order valence-corrected chi connectivity index (χ2v) is 18.2. The van der Waals surface area contributed by atoms with E-state index in [2.05, 4.69) is 145 Å². The number of hydrogen-bond acceptors (Lipinski definition) is 4. The zero-order valence-corrected chi connectivity index (χ0v) is 33.6. The van der Waals surface area contributed by atoms with Gasteiger partial charge in [-0.3, -0.25) is 0 Å². The summed E-state index contributed by atoms with van der Waals surface area (Å²) in [5.74, 6) is 3.21. The van der Waals surface area contributed by atoms with Crippen molar-refractivity contribution in [1.29, 1.82) is 0 Å². The summed E-state index contributed by atoms with van der Waals surface area (Å²) in [6.07, 6.45) is 0. The molecule has 4 nitrogen and oxygen atoms in total. The Morgan fingerprint density at radius 2 is 0.708 bits per heavy atom. The first-order chi connectivity index (χ1) is 22.1. The van der Waals surface area contributed by atoms with E-state index in [0.29, 0.717) is 0 Å². The number of rotatable bonds is 9. The van der Waals surface area contributed by atoms with Crippen LogP contribution in [0.1, 0.15) is 116 Å². The third-order valence-electron chi connectivity index (χ3n) is 8.46. The maximum Gasteiger partial charge on any atom is 0.275 e. The smallest absolute Gasteiger partial charge is 0.275 e. The molecule has 0 saturated carbocycles. The summed E-state index contributed by atoms with van der Waals surface area (Å²) in [5.41, 5.74) is 8.51. The molecule has 0 heterocycles. The highest BCUT2D eigenvalue weighted by Crippen LogP contribution is 2.51. The van der Waals surface area contributed by atoms with Gasteiger partial charge in [0.05, 0.1) is 0 Å². The van der Waals surface area contributed by atoms with Crippen molar-refractivity contribution in [2.75, 3.05) is 0 Å². The van der Waals surface area contributed by atoms with Gasteiger partial charge in [-0.05, 0) is 83.0 Å². The molecule has 0 N–H and O–H groups in total. The monoisotopic (exact) mass is 686 g/mol. The lowest BCUT2D eigenvalue weighted by atomic mass is 9.75. The van der Waals surface area contributed by atoms with Crippen LogP contribution in [0.4, 0.5) is 0 Å². The number of benzene rings is 4. The first-order valence-corrected chi connectivity index (χ1v) is 18.5. The fourth-order valence-electron chi connectivity index (χ4n) is 5.29. The molecule has 6 heteroatoms. The van der Waals surface area contributed by atoms with Gasteiger partial charge in [0.15, 0.2) is 0 Å². The first kappa shape index (κ1) is 37.8. The van der Waals surface area contributed by atoms with Crippen molar-refractivity contribution in [2.24, 2.45) is 0 Å². The van der Waals surface area contributed by atoms with E-state index in [-0.39, 0.29) is 39.7 Å². The predicted molar refractivity (Wildman–Crippen MR) is 208 cm³/mol. The van der Waals surface area contributed by atoms with Crippen LogP contribution in [0.3, 0.4) is 0 Å². The van der Waals surface area contributed by atoms with Crippen LogP contribution < -0.4 is 18.1 Å². The van der Waals surface area contributed by atoms with Gasteiger partial charge < -0.3 is 18.1 Å². The van der Waals surface area contributed by atoms with Crippen LogP contribution in [-0.2, 0) is 21.7 Å². The molecule has 2 atom stereocenters. The summed E-state index contributed by atoms with van der Waals surface area (Å²) in [7, 11) is -0.459. The molecule has 4 aromatic carbocycles. The van der Waals surface area contributed by atoms with Gasteiger partial charge >= 0.3 is 0 Å². The Balaban J connectivity index is 1.97. The lowest BCUT2D eigenvalue weighted by Crippen LogP contribution is -2.19. The molecule has 0 aromatic heterocycles. The summed E-state index contributed by atoms with van der Waals surface area (Å²) in [5, 5.41) is 0. The third-order valence-corrected chi connectivity index (χ3v) is 9.68. The summed E-state index contributed by atoms with van der Waals surface area (Å²) >= 11 is 0. The Hall–Kier alpha value is -3.06. The van der Waals surface area contributed by atoms with E-state index >= 15 is 0 Å². The number of aryl methyl sites for hydroxylation is 2. The van der Waals surface area contributed by atoms with E-state index in [1.54, 1.807) is 0 Å². The fourth-order valence-corrected chi connectivity index (χ4v) is 6.45. The van der Waals surface area contributed by atoms with E-state index in [1.807, 2.05) is 24.3 Å². The van der Waals surface area contributed by atoms with Crippen LogP contribution >= 0.6 is 18.1 Å². The minimum Gasteiger partial charge on any atom is -0.441 e. The largest absolute Gasteiger partial charge is 0.441 e. The predicted octanol–water partition coefficient (Wildman–Crippen LogP) is 13.1. The summed E-state index contributed by atoms with van der Waals surface area (Å²) in [6.45, 7) is 31.2. The summed E-state index contributed by atoms with van der Waals surface area (Å²) in [6, 6.07) is 25.4. The van der Waals surface area contributed by atoms with Crippen molar-refractivity contribution in [1.82, 2.24) is 0 Å². The Kier molecular flexibility index (Phi) is 11.3. The normalized spacial score (nSPS) is 13.0. The highest BCUT2D eigenvalue weighted by molar-refractivity contribution is 7.27. The van der Waals surface area contributed by atoms with Crippen LogP contribution in [0.25, 0.3) is 11.1 Å². The lowest BCUT2D eigenvalue weighted by molar-refractivity contribution is 0.485. The minimum absolute atomic E-state index is 0.0974. The molecular formula is C42H56O4P2. The Morgan fingerprint density at radius 3 is 0.979 bits per heavy atom. The highest BCUT2D eigenvalue weighted by Gasteiger charge is 2.32. The molecule has 0 bridgehead atoms. The van der Waals surface area contributed by atoms with Gasteiger partial charge in [-0.1, -0.05) is 131 Å². The molecule has 0 aliphatic heterocycles. The SMILES string of the molecule is Cc1ccc(OPOc2c(-c3cc(C(C)(C)C)cc(C(C)(C)C)c3OPOc3ccc(C)cc3)cc(C(C)(C)C)cc2C(C)(C)C)cc1. The van der Waals surface area contributed by atoms with Crippen LogP contribution in [0.2, 0.25) is 0 Å².